The first-order valence-electron chi connectivity index (χ1n) is 21.2. The van der Waals surface area contributed by atoms with Crippen LogP contribution in [0.15, 0.2) is 60.9 Å². The molecule has 0 bridgehead atoms. The van der Waals surface area contributed by atoms with Crippen LogP contribution in [0.1, 0.15) is 101 Å². The van der Waals surface area contributed by atoms with Crippen molar-refractivity contribution in [2.24, 2.45) is 11.8 Å². The maximum Gasteiger partial charge on any atom is 0.407 e. The van der Waals surface area contributed by atoms with Gasteiger partial charge in [0.05, 0.1) is 43.0 Å². The Bertz CT molecular complexity index is 2470. The first-order chi connectivity index (χ1) is 29.4. The maximum atomic E-state index is 13.7. The molecule has 3 aliphatic rings. The average Bonchev–Trinajstić information content (AvgIpc) is 4.10. The molecule has 5 atom stereocenters. The Balaban J connectivity index is 0.987. The first kappa shape index (κ1) is 41.4. The number of H-pyrrole nitrogens is 2. The Morgan fingerprint density at radius 1 is 0.787 bits per heavy atom. The van der Waals surface area contributed by atoms with E-state index in [2.05, 4.69) is 63.9 Å². The van der Waals surface area contributed by atoms with Crippen molar-refractivity contribution in [3.05, 3.63) is 83.7 Å². The van der Waals surface area contributed by atoms with Gasteiger partial charge in [0.25, 0.3) is 5.91 Å². The summed E-state index contributed by atoms with van der Waals surface area (Å²) < 4.78 is 16.9. The SMILES string of the molecule is CNC(=O)O[C@H](C(=O)N1CCC[C@H]1c1ncc(-c2ccc3c(c2)Oc2ccc4cc(-c5cnc(C6CCCN6C(=O)C(NC(=O)OC)C(C)C)[nH]5)ccc4c2C3C)[nH]1)C(C)C. The number of aromatic nitrogens is 4. The molecule has 0 aliphatic carbocycles. The predicted molar refractivity (Wildman–Crippen MR) is 229 cm³/mol. The number of alkyl carbamates (subject to hydrolysis) is 2. The molecule has 5 aromatic rings. The minimum atomic E-state index is -0.891. The van der Waals surface area contributed by atoms with Gasteiger partial charge >= 0.3 is 12.2 Å². The van der Waals surface area contributed by atoms with Crippen molar-refractivity contribution in [2.75, 3.05) is 27.2 Å². The van der Waals surface area contributed by atoms with Gasteiger partial charge in [-0.25, -0.2) is 19.6 Å². The fourth-order valence-electron chi connectivity index (χ4n) is 9.08. The molecule has 15 heteroatoms. The van der Waals surface area contributed by atoms with Gasteiger partial charge in [-0.1, -0.05) is 65.0 Å². The lowest BCUT2D eigenvalue weighted by Gasteiger charge is -2.30. The van der Waals surface area contributed by atoms with Crippen molar-refractivity contribution < 1.29 is 33.4 Å². The van der Waals surface area contributed by atoms with Crippen molar-refractivity contribution >= 4 is 34.8 Å². The number of ether oxygens (including phenoxy) is 3. The van der Waals surface area contributed by atoms with Crippen LogP contribution in [0.2, 0.25) is 0 Å². The number of nitrogens with one attached hydrogen (secondary N) is 4. The number of carbonyl (C=O) groups is 4. The maximum absolute atomic E-state index is 13.7. The number of hydrogen-bond donors (Lipinski definition) is 4. The fourth-order valence-corrected chi connectivity index (χ4v) is 9.08. The third-order valence-corrected chi connectivity index (χ3v) is 12.3. The molecule has 2 saturated heterocycles. The number of fused-ring (bicyclic) bond motifs is 4. The van der Waals surface area contributed by atoms with Gasteiger partial charge in [0, 0.05) is 48.3 Å². The average molecular weight is 831 g/mol. The summed E-state index contributed by atoms with van der Waals surface area (Å²) in [4.78, 5) is 71.4. The van der Waals surface area contributed by atoms with Gasteiger partial charge < -0.3 is 44.6 Å². The molecule has 61 heavy (non-hydrogen) atoms. The van der Waals surface area contributed by atoms with Gasteiger partial charge in [0.15, 0.2) is 6.10 Å². The van der Waals surface area contributed by atoms with Crippen molar-refractivity contribution in [1.82, 2.24) is 40.4 Å². The highest BCUT2D eigenvalue weighted by atomic mass is 16.6. The van der Waals surface area contributed by atoms with Gasteiger partial charge in [-0.15, -0.1) is 0 Å². The number of amides is 4. The summed E-state index contributed by atoms with van der Waals surface area (Å²) in [6, 6.07) is 15.5. The number of aromatic amines is 2. The Kier molecular flexibility index (Phi) is 11.5. The Hall–Kier alpha value is -6.38. The fraction of sp³-hybridized carbons (Fsp3) is 0.435. The summed E-state index contributed by atoms with van der Waals surface area (Å²) in [5.41, 5.74) is 5.75. The summed E-state index contributed by atoms with van der Waals surface area (Å²) >= 11 is 0. The zero-order valence-electron chi connectivity index (χ0n) is 35.7. The van der Waals surface area contributed by atoms with Crippen molar-refractivity contribution in [3.63, 3.8) is 0 Å². The number of rotatable bonds is 10. The van der Waals surface area contributed by atoms with E-state index in [4.69, 9.17) is 24.2 Å². The van der Waals surface area contributed by atoms with E-state index in [1.807, 2.05) is 50.9 Å². The lowest BCUT2D eigenvalue weighted by atomic mass is 9.85. The van der Waals surface area contributed by atoms with Gasteiger partial charge in [-0.05, 0) is 66.5 Å². The largest absolute Gasteiger partial charge is 0.457 e. The molecular weight excluding hydrogens is 777 g/mol. The van der Waals surface area contributed by atoms with E-state index in [1.165, 1.54) is 14.2 Å². The molecule has 320 valence electrons. The highest BCUT2D eigenvalue weighted by molar-refractivity contribution is 5.93. The van der Waals surface area contributed by atoms with E-state index in [-0.39, 0.29) is 41.7 Å². The number of likely N-dealkylation sites (tertiary alicyclic amines) is 2. The molecule has 4 N–H and O–H groups in total. The normalized spacial score (nSPS) is 19.3. The monoisotopic (exact) mass is 830 g/mol. The first-order valence-corrected chi connectivity index (χ1v) is 21.2. The molecule has 3 aromatic carbocycles. The van der Waals surface area contributed by atoms with Crippen LogP contribution in [-0.2, 0) is 19.1 Å². The van der Waals surface area contributed by atoms with Crippen LogP contribution in [0.25, 0.3) is 33.3 Å². The Morgan fingerprint density at radius 3 is 2.02 bits per heavy atom. The summed E-state index contributed by atoms with van der Waals surface area (Å²) in [6.45, 7) is 10.9. The highest BCUT2D eigenvalue weighted by Gasteiger charge is 2.40. The number of imidazole rings is 2. The third-order valence-electron chi connectivity index (χ3n) is 12.3. The zero-order valence-corrected chi connectivity index (χ0v) is 35.7. The highest BCUT2D eigenvalue weighted by Crippen LogP contribution is 2.48. The topological polar surface area (TPSA) is 184 Å². The van der Waals surface area contributed by atoms with Crippen molar-refractivity contribution in [2.45, 2.75) is 90.4 Å². The third kappa shape index (κ3) is 7.88. The van der Waals surface area contributed by atoms with Gasteiger partial charge in [0.1, 0.15) is 29.2 Å². The second-order valence-electron chi connectivity index (χ2n) is 16.9. The van der Waals surface area contributed by atoms with E-state index < -0.39 is 24.3 Å². The second kappa shape index (κ2) is 16.9. The van der Waals surface area contributed by atoms with E-state index in [9.17, 15) is 19.2 Å². The van der Waals surface area contributed by atoms with E-state index in [0.717, 1.165) is 87.4 Å². The molecule has 2 aromatic heterocycles. The minimum absolute atomic E-state index is 0.0524. The van der Waals surface area contributed by atoms with Crippen LogP contribution in [0.4, 0.5) is 9.59 Å². The predicted octanol–water partition coefficient (Wildman–Crippen LogP) is 7.97. The van der Waals surface area contributed by atoms with Crippen molar-refractivity contribution in [3.8, 4) is 34.0 Å². The van der Waals surface area contributed by atoms with E-state index >= 15 is 0 Å². The quantitative estimate of drug-likeness (QED) is 0.108. The summed E-state index contributed by atoms with van der Waals surface area (Å²) in [5, 5.41) is 7.32. The molecule has 0 radical (unpaired) electrons. The van der Waals surface area contributed by atoms with Crippen LogP contribution in [0.5, 0.6) is 11.5 Å². The van der Waals surface area contributed by atoms with E-state index in [1.54, 1.807) is 11.1 Å². The molecule has 4 amide bonds. The molecule has 3 unspecified atom stereocenters. The van der Waals surface area contributed by atoms with Crippen LogP contribution in [0, 0.1) is 11.8 Å². The Morgan fingerprint density at radius 2 is 1.41 bits per heavy atom. The van der Waals surface area contributed by atoms with Crippen LogP contribution in [-0.4, -0.2) is 93.1 Å². The molecular formula is C46H54N8O7. The Labute approximate surface area is 354 Å². The number of nitrogens with zero attached hydrogens (tertiary/aromatic N) is 4. The van der Waals surface area contributed by atoms with Crippen LogP contribution < -0.4 is 15.4 Å². The molecule has 15 nitrogen and oxygen atoms in total. The number of benzene rings is 3. The number of methoxy groups -OCH3 is 1. The van der Waals surface area contributed by atoms with Crippen LogP contribution in [0.3, 0.4) is 0 Å². The summed E-state index contributed by atoms with van der Waals surface area (Å²) in [6.07, 6.45) is 4.65. The van der Waals surface area contributed by atoms with Gasteiger partial charge in [-0.2, -0.15) is 0 Å². The lowest BCUT2D eigenvalue weighted by Crippen LogP contribution is -2.51. The summed E-state index contributed by atoms with van der Waals surface area (Å²) in [5.74, 6) is 2.38. The van der Waals surface area contributed by atoms with Gasteiger partial charge in [0.2, 0.25) is 5.91 Å². The molecule has 3 aliphatic heterocycles. The standard InChI is InChI=1S/C46H54N8O7/c1-24(2)39(52-46(58)59-7)43(55)53-18-8-10-34(53)41-48-22-32(50-41)28-13-16-31-27(20-28)14-17-36-38(31)26(5)30-15-12-29(21-37(30)60-36)33-23-49-42(51-33)35-11-9-19-54(35)44(56)40(25(3)4)61-45(57)47-6/h12-17,20-26,34-35,39-40H,8-11,18-19H2,1-7H3,(H,47,57)(H,48,50)(H,49,51)(H,52,58)/t26?,34?,35-,39?,40-/m0/s1. The second-order valence-corrected chi connectivity index (χ2v) is 16.9. The molecule has 0 saturated carbocycles. The number of carbonyl (C=O) groups excluding carboxylic acids is 4. The van der Waals surface area contributed by atoms with Crippen LogP contribution >= 0.6 is 0 Å². The number of hydrogen-bond acceptors (Lipinski definition) is 9. The lowest BCUT2D eigenvalue weighted by molar-refractivity contribution is -0.143. The van der Waals surface area contributed by atoms with Crippen molar-refractivity contribution in [1.29, 1.82) is 0 Å². The minimum Gasteiger partial charge on any atom is -0.457 e. The molecule has 8 rings (SSSR count). The van der Waals surface area contributed by atoms with Gasteiger partial charge in [-0.3, -0.25) is 9.59 Å². The molecule has 0 spiro atoms. The molecule has 2 fully saturated rings. The summed E-state index contributed by atoms with van der Waals surface area (Å²) in [7, 11) is 2.77. The zero-order chi connectivity index (χ0) is 43.1. The van der Waals surface area contributed by atoms with E-state index in [0.29, 0.717) is 18.9 Å². The smallest absolute Gasteiger partial charge is 0.407 e. The molecule has 5 heterocycles.